The van der Waals surface area contributed by atoms with E-state index in [0.717, 1.165) is 15.1 Å². The van der Waals surface area contributed by atoms with Crippen molar-refractivity contribution in [1.82, 2.24) is 0 Å². The van der Waals surface area contributed by atoms with Gasteiger partial charge in [-0.3, -0.25) is 0 Å². The number of halogens is 2. The van der Waals surface area contributed by atoms with Gasteiger partial charge in [0.15, 0.2) is 0 Å². The Balaban J connectivity index is 1.57. The van der Waals surface area contributed by atoms with E-state index in [0.29, 0.717) is 25.0 Å². The van der Waals surface area contributed by atoms with Gasteiger partial charge in [-0.15, -0.1) is 0 Å². The fourth-order valence-electron chi connectivity index (χ4n) is 4.19. The minimum atomic E-state index is -0.939. The second-order valence-electron chi connectivity index (χ2n) is 7.38. The maximum atomic E-state index is 13.4. The molecule has 1 saturated heterocycles. The van der Waals surface area contributed by atoms with E-state index in [-0.39, 0.29) is 5.82 Å². The lowest BCUT2D eigenvalue weighted by molar-refractivity contribution is -0.274. The van der Waals surface area contributed by atoms with Crippen molar-refractivity contribution in [2.24, 2.45) is 11.8 Å². The molecule has 4 heteroatoms. The van der Waals surface area contributed by atoms with Crippen LogP contribution in [0.2, 0.25) is 0 Å². The number of hydrogen-bond acceptors (Lipinski definition) is 2. The molecule has 0 unspecified atom stereocenters. The Morgan fingerprint density at radius 3 is 1.96 bits per heavy atom. The molecule has 2 aliphatic rings. The molecular formula is C22H24FIO2. The summed E-state index contributed by atoms with van der Waals surface area (Å²) in [5.41, 5.74) is 1.81. The lowest BCUT2D eigenvalue weighted by Crippen LogP contribution is -2.45. The van der Waals surface area contributed by atoms with Crippen LogP contribution in [-0.4, -0.2) is 17.1 Å². The standard InChI is InChI=1S/C22H24FIO2/c23-20-10-8-19(9-11-20)22(18-4-2-1-3-5-18)25-14-17(15-26-22)16-6-12-21(24)13-7-16/h1-5,8-11,16-17,21H,6-7,12-15H2. The minimum Gasteiger partial charge on any atom is -0.342 e. The van der Waals surface area contributed by atoms with E-state index in [1.807, 2.05) is 30.3 Å². The maximum Gasteiger partial charge on any atom is 0.222 e. The fourth-order valence-corrected chi connectivity index (χ4v) is 4.91. The van der Waals surface area contributed by atoms with Crippen LogP contribution in [0.4, 0.5) is 4.39 Å². The average molecular weight is 466 g/mol. The van der Waals surface area contributed by atoms with E-state index in [1.165, 1.54) is 37.8 Å². The second kappa shape index (κ2) is 7.95. The Kier molecular flexibility index (Phi) is 5.62. The maximum absolute atomic E-state index is 13.4. The van der Waals surface area contributed by atoms with Gasteiger partial charge in [0.25, 0.3) is 0 Å². The van der Waals surface area contributed by atoms with Gasteiger partial charge in [-0.25, -0.2) is 4.39 Å². The molecular weight excluding hydrogens is 442 g/mol. The van der Waals surface area contributed by atoms with Gasteiger partial charge in [0.1, 0.15) is 5.82 Å². The van der Waals surface area contributed by atoms with Gasteiger partial charge in [0, 0.05) is 21.0 Å². The van der Waals surface area contributed by atoms with Crippen molar-refractivity contribution < 1.29 is 13.9 Å². The summed E-state index contributed by atoms with van der Waals surface area (Å²) in [6.07, 6.45) is 5.12. The average Bonchev–Trinajstić information content (AvgIpc) is 2.70. The van der Waals surface area contributed by atoms with E-state index >= 15 is 0 Å². The zero-order chi connectivity index (χ0) is 18.0. The topological polar surface area (TPSA) is 18.5 Å². The van der Waals surface area contributed by atoms with Crippen LogP contribution < -0.4 is 0 Å². The second-order valence-corrected chi connectivity index (χ2v) is 9.15. The summed E-state index contributed by atoms with van der Waals surface area (Å²) in [6.45, 7) is 1.37. The summed E-state index contributed by atoms with van der Waals surface area (Å²) in [6, 6.07) is 16.5. The third-order valence-electron chi connectivity index (χ3n) is 5.75. The molecule has 2 fully saturated rings. The van der Waals surface area contributed by atoms with Crippen LogP contribution in [0.3, 0.4) is 0 Å². The molecule has 1 heterocycles. The SMILES string of the molecule is Fc1ccc(C2(c3ccccc3)OCC(C3CCC(I)CC3)CO2)cc1. The van der Waals surface area contributed by atoms with Gasteiger partial charge in [0.05, 0.1) is 13.2 Å². The largest absolute Gasteiger partial charge is 0.342 e. The molecule has 26 heavy (non-hydrogen) atoms. The van der Waals surface area contributed by atoms with Crippen molar-refractivity contribution in [1.29, 1.82) is 0 Å². The van der Waals surface area contributed by atoms with E-state index < -0.39 is 5.79 Å². The quantitative estimate of drug-likeness (QED) is 0.428. The molecule has 0 bridgehead atoms. The molecule has 2 nitrogen and oxygen atoms in total. The van der Waals surface area contributed by atoms with Crippen LogP contribution in [-0.2, 0) is 15.3 Å². The van der Waals surface area contributed by atoms with Crippen molar-refractivity contribution in [2.45, 2.75) is 35.4 Å². The normalized spacial score (nSPS) is 32.3. The van der Waals surface area contributed by atoms with Crippen molar-refractivity contribution in [3.05, 3.63) is 71.5 Å². The number of alkyl halides is 1. The highest BCUT2D eigenvalue weighted by molar-refractivity contribution is 14.1. The molecule has 0 radical (unpaired) electrons. The molecule has 0 spiro atoms. The summed E-state index contributed by atoms with van der Waals surface area (Å²) in [4.78, 5) is 0. The summed E-state index contributed by atoms with van der Waals surface area (Å²) >= 11 is 2.57. The Labute approximate surface area is 168 Å². The number of rotatable bonds is 3. The first-order valence-electron chi connectivity index (χ1n) is 9.41. The van der Waals surface area contributed by atoms with E-state index in [9.17, 15) is 4.39 Å². The number of benzene rings is 2. The lowest BCUT2D eigenvalue weighted by Gasteiger charge is -2.43. The van der Waals surface area contributed by atoms with E-state index in [1.54, 1.807) is 12.1 Å². The Morgan fingerprint density at radius 2 is 1.35 bits per heavy atom. The van der Waals surface area contributed by atoms with Crippen molar-refractivity contribution >= 4 is 22.6 Å². The van der Waals surface area contributed by atoms with Gasteiger partial charge in [0.2, 0.25) is 5.79 Å². The number of hydrogen-bond donors (Lipinski definition) is 0. The molecule has 2 aromatic rings. The van der Waals surface area contributed by atoms with Crippen LogP contribution in [0.15, 0.2) is 54.6 Å². The van der Waals surface area contributed by atoms with Gasteiger partial charge >= 0.3 is 0 Å². The molecule has 138 valence electrons. The Bertz CT molecular complexity index is 703. The molecule has 4 rings (SSSR count). The first-order valence-corrected chi connectivity index (χ1v) is 10.7. The Hall–Kier alpha value is -0.980. The highest BCUT2D eigenvalue weighted by atomic mass is 127. The van der Waals surface area contributed by atoms with E-state index in [4.69, 9.17) is 9.47 Å². The third kappa shape index (κ3) is 3.69. The van der Waals surface area contributed by atoms with Crippen LogP contribution >= 0.6 is 22.6 Å². The highest BCUT2D eigenvalue weighted by Crippen LogP contribution is 2.42. The van der Waals surface area contributed by atoms with Crippen LogP contribution in [0.25, 0.3) is 0 Å². The van der Waals surface area contributed by atoms with Gasteiger partial charge in [-0.2, -0.15) is 0 Å². The van der Waals surface area contributed by atoms with Crippen molar-refractivity contribution in [2.75, 3.05) is 13.2 Å². The van der Waals surface area contributed by atoms with Crippen LogP contribution in [0.5, 0.6) is 0 Å². The lowest BCUT2D eigenvalue weighted by atomic mass is 9.80. The third-order valence-corrected chi connectivity index (χ3v) is 6.99. The first-order chi connectivity index (χ1) is 12.7. The molecule has 2 aromatic carbocycles. The summed E-state index contributed by atoms with van der Waals surface area (Å²) in [7, 11) is 0. The molecule has 1 saturated carbocycles. The van der Waals surface area contributed by atoms with Gasteiger partial charge in [-0.05, 0) is 43.7 Å². The molecule has 0 aromatic heterocycles. The summed E-state index contributed by atoms with van der Waals surface area (Å²) in [5, 5.41) is 0. The minimum absolute atomic E-state index is 0.249. The van der Waals surface area contributed by atoms with Gasteiger partial charge in [-0.1, -0.05) is 65.1 Å². The molecule has 1 aliphatic heterocycles. The predicted molar refractivity (Wildman–Crippen MR) is 109 cm³/mol. The van der Waals surface area contributed by atoms with Crippen LogP contribution in [0.1, 0.15) is 36.8 Å². The number of ether oxygens (including phenoxy) is 2. The first kappa shape index (κ1) is 18.4. The highest BCUT2D eigenvalue weighted by Gasteiger charge is 2.43. The predicted octanol–water partition coefficient (Wildman–Crippen LogP) is 5.68. The molecule has 1 aliphatic carbocycles. The molecule has 0 atom stereocenters. The summed E-state index contributed by atoms with van der Waals surface area (Å²) < 4.78 is 27.1. The zero-order valence-corrected chi connectivity index (χ0v) is 16.9. The van der Waals surface area contributed by atoms with Gasteiger partial charge < -0.3 is 9.47 Å². The van der Waals surface area contributed by atoms with Crippen molar-refractivity contribution in [3.63, 3.8) is 0 Å². The smallest absolute Gasteiger partial charge is 0.222 e. The zero-order valence-electron chi connectivity index (χ0n) is 14.7. The van der Waals surface area contributed by atoms with E-state index in [2.05, 4.69) is 22.6 Å². The molecule has 0 N–H and O–H groups in total. The fraction of sp³-hybridized carbons (Fsp3) is 0.455. The Morgan fingerprint density at radius 1 is 0.769 bits per heavy atom. The van der Waals surface area contributed by atoms with Crippen molar-refractivity contribution in [3.8, 4) is 0 Å². The monoisotopic (exact) mass is 466 g/mol. The summed E-state index contributed by atoms with van der Waals surface area (Å²) in [5.74, 6) is -0.0632. The van der Waals surface area contributed by atoms with Crippen LogP contribution in [0, 0.1) is 17.7 Å². The molecule has 0 amide bonds.